The number of aryl methyl sites for hydroxylation is 1. The number of likely N-dealkylation sites (N-methyl/N-ethyl adjacent to an activating group) is 1. The van der Waals surface area contributed by atoms with Crippen LogP contribution >= 0.6 is 11.6 Å². The van der Waals surface area contributed by atoms with Crippen LogP contribution in [0.15, 0.2) is 34.9 Å². The fourth-order valence-electron chi connectivity index (χ4n) is 3.02. The Hall–Kier alpha value is -1.85. The first kappa shape index (κ1) is 17.0. The highest BCUT2D eigenvalue weighted by atomic mass is 35.5. The van der Waals surface area contributed by atoms with Crippen LogP contribution in [0, 0.1) is 0 Å². The summed E-state index contributed by atoms with van der Waals surface area (Å²) in [6.07, 6.45) is 4.76. The highest BCUT2D eigenvalue weighted by Gasteiger charge is 2.22. The zero-order chi connectivity index (χ0) is 16.9. The molecule has 1 aliphatic heterocycles. The van der Waals surface area contributed by atoms with Crippen molar-refractivity contribution in [2.75, 3.05) is 20.1 Å². The Morgan fingerprint density at radius 2 is 2.29 bits per heavy atom. The molecule has 1 fully saturated rings. The second-order valence-electron chi connectivity index (χ2n) is 6.07. The van der Waals surface area contributed by atoms with E-state index in [4.69, 9.17) is 16.0 Å². The first-order chi connectivity index (χ1) is 11.7. The summed E-state index contributed by atoms with van der Waals surface area (Å²) in [5.74, 6) is 1.36. The molecule has 1 atom stereocenters. The van der Waals surface area contributed by atoms with Gasteiger partial charge in [-0.25, -0.2) is 4.98 Å². The van der Waals surface area contributed by atoms with Crippen molar-refractivity contribution in [1.29, 1.82) is 0 Å². The Labute approximate surface area is 147 Å². The van der Waals surface area contributed by atoms with Crippen molar-refractivity contribution in [1.82, 2.24) is 15.2 Å². The summed E-state index contributed by atoms with van der Waals surface area (Å²) in [5, 5.41) is 3.88. The van der Waals surface area contributed by atoms with Crippen molar-refractivity contribution in [3.63, 3.8) is 0 Å². The van der Waals surface area contributed by atoms with Crippen LogP contribution in [0.5, 0.6) is 0 Å². The van der Waals surface area contributed by atoms with Crippen molar-refractivity contribution in [3.8, 4) is 11.3 Å². The van der Waals surface area contributed by atoms with Gasteiger partial charge in [-0.05, 0) is 32.0 Å². The number of amides is 1. The summed E-state index contributed by atoms with van der Waals surface area (Å²) in [5.41, 5.74) is 0.817. The molecule has 1 amide bonds. The SMILES string of the molecule is CNC1CCCN(C(=O)CCc2ncc(-c3ccccc3Cl)o2)C1. The van der Waals surface area contributed by atoms with Gasteiger partial charge >= 0.3 is 0 Å². The molecule has 1 unspecified atom stereocenters. The average Bonchev–Trinajstić information content (AvgIpc) is 3.09. The predicted octanol–water partition coefficient (Wildman–Crippen LogP) is 3.14. The molecule has 128 valence electrons. The largest absolute Gasteiger partial charge is 0.441 e. The van der Waals surface area contributed by atoms with Crippen LogP contribution in [0.1, 0.15) is 25.2 Å². The number of hydrogen-bond acceptors (Lipinski definition) is 4. The maximum atomic E-state index is 12.4. The number of benzene rings is 1. The molecule has 1 N–H and O–H groups in total. The van der Waals surface area contributed by atoms with Gasteiger partial charge in [0.05, 0.1) is 11.2 Å². The summed E-state index contributed by atoms with van der Waals surface area (Å²) in [6.45, 7) is 1.62. The van der Waals surface area contributed by atoms with E-state index in [1.54, 1.807) is 6.20 Å². The van der Waals surface area contributed by atoms with Gasteiger partial charge in [0.25, 0.3) is 0 Å². The Bertz CT molecular complexity index is 701. The molecule has 0 radical (unpaired) electrons. The maximum Gasteiger partial charge on any atom is 0.223 e. The smallest absolute Gasteiger partial charge is 0.223 e. The van der Waals surface area contributed by atoms with Crippen LogP contribution in [0.25, 0.3) is 11.3 Å². The zero-order valence-corrected chi connectivity index (χ0v) is 14.6. The lowest BCUT2D eigenvalue weighted by molar-refractivity contribution is -0.132. The molecule has 0 aliphatic carbocycles. The second kappa shape index (κ2) is 7.81. The number of hydrogen-bond donors (Lipinski definition) is 1. The number of halogens is 1. The van der Waals surface area contributed by atoms with Gasteiger partial charge in [0.15, 0.2) is 11.7 Å². The van der Waals surface area contributed by atoms with Crippen molar-refractivity contribution in [2.45, 2.75) is 31.7 Å². The molecule has 0 bridgehead atoms. The fraction of sp³-hybridized carbons (Fsp3) is 0.444. The quantitative estimate of drug-likeness (QED) is 0.902. The molecule has 24 heavy (non-hydrogen) atoms. The molecule has 1 aromatic heterocycles. The van der Waals surface area contributed by atoms with E-state index < -0.39 is 0 Å². The molecule has 5 nitrogen and oxygen atoms in total. The summed E-state index contributed by atoms with van der Waals surface area (Å²) < 4.78 is 5.75. The molecule has 3 rings (SSSR count). The van der Waals surface area contributed by atoms with Gasteiger partial charge < -0.3 is 14.6 Å². The zero-order valence-electron chi connectivity index (χ0n) is 13.8. The van der Waals surface area contributed by atoms with Gasteiger partial charge in [0, 0.05) is 37.5 Å². The number of aromatic nitrogens is 1. The number of carbonyl (C=O) groups excluding carboxylic acids is 1. The lowest BCUT2D eigenvalue weighted by Crippen LogP contribution is -2.47. The third kappa shape index (κ3) is 3.97. The van der Waals surface area contributed by atoms with Crippen LogP contribution in [0.2, 0.25) is 5.02 Å². The molecule has 1 saturated heterocycles. The number of rotatable bonds is 5. The minimum absolute atomic E-state index is 0.160. The average molecular weight is 348 g/mol. The number of likely N-dealkylation sites (tertiary alicyclic amines) is 1. The monoisotopic (exact) mass is 347 g/mol. The van der Waals surface area contributed by atoms with Crippen LogP contribution in [0.3, 0.4) is 0 Å². The van der Waals surface area contributed by atoms with E-state index in [9.17, 15) is 4.79 Å². The first-order valence-electron chi connectivity index (χ1n) is 8.32. The second-order valence-corrected chi connectivity index (χ2v) is 6.47. The van der Waals surface area contributed by atoms with Gasteiger partial charge in [0.2, 0.25) is 5.91 Å². The summed E-state index contributed by atoms with van der Waals surface area (Å²) in [4.78, 5) is 18.6. The van der Waals surface area contributed by atoms with E-state index in [1.165, 1.54) is 0 Å². The van der Waals surface area contributed by atoms with E-state index in [1.807, 2.05) is 36.2 Å². The number of piperidine rings is 1. The number of oxazole rings is 1. The summed E-state index contributed by atoms with van der Waals surface area (Å²) >= 11 is 6.17. The third-order valence-electron chi connectivity index (χ3n) is 4.43. The minimum atomic E-state index is 0.160. The number of nitrogens with one attached hydrogen (secondary N) is 1. The van der Waals surface area contributed by atoms with E-state index in [2.05, 4.69) is 10.3 Å². The van der Waals surface area contributed by atoms with Crippen molar-refractivity contribution in [3.05, 3.63) is 41.4 Å². The summed E-state index contributed by atoms with van der Waals surface area (Å²) in [6, 6.07) is 7.89. The van der Waals surface area contributed by atoms with E-state index >= 15 is 0 Å². The topological polar surface area (TPSA) is 58.4 Å². The molecule has 0 spiro atoms. The van der Waals surface area contributed by atoms with Crippen molar-refractivity contribution < 1.29 is 9.21 Å². The normalized spacial score (nSPS) is 17.9. The molecule has 0 saturated carbocycles. The molecule has 6 heteroatoms. The first-order valence-corrected chi connectivity index (χ1v) is 8.70. The van der Waals surface area contributed by atoms with E-state index in [0.717, 1.165) is 31.5 Å². The number of carbonyl (C=O) groups is 1. The van der Waals surface area contributed by atoms with Crippen LogP contribution < -0.4 is 5.32 Å². The highest BCUT2D eigenvalue weighted by molar-refractivity contribution is 6.33. The third-order valence-corrected chi connectivity index (χ3v) is 4.76. The maximum absolute atomic E-state index is 12.4. The standard InChI is InChI=1S/C18H22ClN3O2/c1-20-13-5-4-10-22(12-13)18(23)9-8-17-21-11-16(24-17)14-6-2-3-7-15(14)19/h2-3,6-7,11,13,20H,4-5,8-10,12H2,1H3. The van der Waals surface area contributed by atoms with Crippen LogP contribution in [-0.4, -0.2) is 42.0 Å². The Morgan fingerprint density at radius 1 is 1.46 bits per heavy atom. The Morgan fingerprint density at radius 3 is 3.08 bits per heavy atom. The van der Waals surface area contributed by atoms with Gasteiger partial charge in [-0.1, -0.05) is 23.7 Å². The van der Waals surface area contributed by atoms with E-state index in [0.29, 0.717) is 35.6 Å². The van der Waals surface area contributed by atoms with Crippen molar-refractivity contribution >= 4 is 17.5 Å². The Balaban J connectivity index is 1.57. The fourth-order valence-corrected chi connectivity index (χ4v) is 3.25. The van der Waals surface area contributed by atoms with E-state index in [-0.39, 0.29) is 5.91 Å². The highest BCUT2D eigenvalue weighted by Crippen LogP contribution is 2.28. The van der Waals surface area contributed by atoms with Gasteiger partial charge in [-0.15, -0.1) is 0 Å². The summed E-state index contributed by atoms with van der Waals surface area (Å²) in [7, 11) is 1.95. The molecule has 1 aromatic carbocycles. The predicted molar refractivity (Wildman–Crippen MR) is 93.9 cm³/mol. The van der Waals surface area contributed by atoms with Gasteiger partial charge in [-0.2, -0.15) is 0 Å². The van der Waals surface area contributed by atoms with Crippen LogP contribution in [0.4, 0.5) is 0 Å². The molecular formula is C18H22ClN3O2. The lowest BCUT2D eigenvalue weighted by atomic mass is 10.1. The van der Waals surface area contributed by atoms with Gasteiger partial charge in [0.1, 0.15) is 0 Å². The molecule has 2 aromatic rings. The molecule has 1 aliphatic rings. The lowest BCUT2D eigenvalue weighted by Gasteiger charge is -2.32. The molecular weight excluding hydrogens is 326 g/mol. The molecule has 2 heterocycles. The minimum Gasteiger partial charge on any atom is -0.441 e. The van der Waals surface area contributed by atoms with Crippen LogP contribution in [-0.2, 0) is 11.2 Å². The Kier molecular flexibility index (Phi) is 5.53. The van der Waals surface area contributed by atoms with Crippen molar-refractivity contribution in [2.24, 2.45) is 0 Å². The van der Waals surface area contributed by atoms with Gasteiger partial charge in [-0.3, -0.25) is 4.79 Å². The number of nitrogens with zero attached hydrogens (tertiary/aromatic N) is 2.